The van der Waals surface area contributed by atoms with E-state index in [4.69, 9.17) is 5.73 Å². The largest absolute Gasteiger partial charge is 0.399 e. The summed E-state index contributed by atoms with van der Waals surface area (Å²) in [7, 11) is 0. The second kappa shape index (κ2) is 4.11. The summed E-state index contributed by atoms with van der Waals surface area (Å²) in [5.41, 5.74) is 6.21. The minimum absolute atomic E-state index is 0. The van der Waals surface area contributed by atoms with E-state index in [2.05, 4.69) is 15.9 Å². The first kappa shape index (κ1) is 9.23. The van der Waals surface area contributed by atoms with Crippen LogP contribution in [0.2, 0.25) is 0 Å². The Labute approximate surface area is 79.8 Å². The lowest BCUT2D eigenvalue weighted by Crippen LogP contribution is -1.80. The molecule has 0 spiro atoms. The summed E-state index contributed by atoms with van der Waals surface area (Å²) in [5, 5.41) is 0. The molecular formula is C6H7BrIN. The molecule has 50 valence electrons. The number of halogens is 2. The van der Waals surface area contributed by atoms with Gasteiger partial charge in [-0.05, 0) is 24.3 Å². The topological polar surface area (TPSA) is 26.0 Å². The highest BCUT2D eigenvalue weighted by Gasteiger charge is 1.81. The van der Waals surface area contributed by atoms with Gasteiger partial charge in [0.2, 0.25) is 0 Å². The van der Waals surface area contributed by atoms with E-state index >= 15 is 0 Å². The summed E-state index contributed by atoms with van der Waals surface area (Å²) in [5.74, 6) is 0. The summed E-state index contributed by atoms with van der Waals surface area (Å²) in [6.45, 7) is 0. The van der Waals surface area contributed by atoms with Crippen molar-refractivity contribution in [1.29, 1.82) is 0 Å². The molecular weight excluding hydrogens is 293 g/mol. The minimum atomic E-state index is 0. The molecule has 1 rings (SSSR count). The minimum Gasteiger partial charge on any atom is -0.399 e. The van der Waals surface area contributed by atoms with Crippen molar-refractivity contribution in [2.45, 2.75) is 0 Å². The molecule has 3 heteroatoms. The Hall–Kier alpha value is 0.230. The fourth-order valence-corrected chi connectivity index (χ4v) is 0.727. The van der Waals surface area contributed by atoms with Crippen molar-refractivity contribution in [3.63, 3.8) is 0 Å². The molecule has 0 amide bonds. The molecule has 0 saturated heterocycles. The van der Waals surface area contributed by atoms with Crippen LogP contribution in [0.4, 0.5) is 5.69 Å². The van der Waals surface area contributed by atoms with Gasteiger partial charge in [-0.1, -0.05) is 15.9 Å². The Balaban J connectivity index is 0.000000640. The molecule has 0 atom stereocenters. The summed E-state index contributed by atoms with van der Waals surface area (Å²) in [6, 6.07) is 7.53. The van der Waals surface area contributed by atoms with Gasteiger partial charge in [0.05, 0.1) is 0 Å². The fourth-order valence-electron chi connectivity index (χ4n) is 0.463. The highest BCUT2D eigenvalue weighted by Crippen LogP contribution is 2.10. The average molecular weight is 300 g/mol. The van der Waals surface area contributed by atoms with Crippen LogP contribution in [-0.4, -0.2) is 0 Å². The maximum absolute atomic E-state index is 5.41. The molecule has 0 aliphatic rings. The van der Waals surface area contributed by atoms with Gasteiger partial charge in [-0.2, -0.15) is 0 Å². The number of hydrogen-bond donors (Lipinski definition) is 1. The molecule has 0 aromatic heterocycles. The van der Waals surface area contributed by atoms with Crippen molar-refractivity contribution in [2.24, 2.45) is 0 Å². The lowest BCUT2D eigenvalue weighted by Gasteiger charge is -1.88. The molecule has 1 aromatic carbocycles. The normalized spacial score (nSPS) is 8.11. The van der Waals surface area contributed by atoms with Gasteiger partial charge >= 0.3 is 0 Å². The molecule has 1 nitrogen and oxygen atoms in total. The van der Waals surface area contributed by atoms with Gasteiger partial charge in [-0.25, -0.2) is 0 Å². The Morgan fingerprint density at radius 3 is 1.89 bits per heavy atom. The number of anilines is 1. The van der Waals surface area contributed by atoms with Gasteiger partial charge in [0.25, 0.3) is 0 Å². The van der Waals surface area contributed by atoms with Gasteiger partial charge in [0, 0.05) is 10.2 Å². The summed E-state index contributed by atoms with van der Waals surface area (Å²) in [6.07, 6.45) is 0. The molecule has 9 heavy (non-hydrogen) atoms. The van der Waals surface area contributed by atoms with Crippen molar-refractivity contribution in [3.05, 3.63) is 28.7 Å². The first-order valence-corrected chi connectivity index (χ1v) is 3.09. The lowest BCUT2D eigenvalue weighted by atomic mass is 10.3. The van der Waals surface area contributed by atoms with E-state index < -0.39 is 0 Å². The average Bonchev–Trinajstić information content (AvgIpc) is 1.77. The van der Waals surface area contributed by atoms with Crippen LogP contribution >= 0.6 is 39.9 Å². The summed E-state index contributed by atoms with van der Waals surface area (Å²) < 4.78 is 1.06. The van der Waals surface area contributed by atoms with Crippen LogP contribution in [0.5, 0.6) is 0 Å². The molecule has 2 N–H and O–H groups in total. The Morgan fingerprint density at radius 2 is 1.56 bits per heavy atom. The molecule has 0 fully saturated rings. The van der Waals surface area contributed by atoms with Crippen LogP contribution in [0, 0.1) is 0 Å². The van der Waals surface area contributed by atoms with Gasteiger partial charge in [-0.15, -0.1) is 24.0 Å². The maximum atomic E-state index is 5.41. The highest BCUT2D eigenvalue weighted by molar-refractivity contribution is 14.0. The number of nitrogen functional groups attached to an aromatic ring is 1. The highest BCUT2D eigenvalue weighted by atomic mass is 127. The predicted molar refractivity (Wildman–Crippen MR) is 54.0 cm³/mol. The van der Waals surface area contributed by atoms with E-state index in [1.165, 1.54) is 0 Å². The monoisotopic (exact) mass is 299 g/mol. The zero-order valence-corrected chi connectivity index (χ0v) is 8.59. The summed E-state index contributed by atoms with van der Waals surface area (Å²) >= 11 is 3.29. The van der Waals surface area contributed by atoms with E-state index in [0.717, 1.165) is 10.2 Å². The van der Waals surface area contributed by atoms with Crippen molar-refractivity contribution in [2.75, 3.05) is 5.73 Å². The quantitative estimate of drug-likeness (QED) is 0.578. The Kier molecular flexibility index (Phi) is 4.22. The fraction of sp³-hybridized carbons (Fsp3) is 0. The van der Waals surface area contributed by atoms with Crippen LogP contribution in [0.3, 0.4) is 0 Å². The van der Waals surface area contributed by atoms with E-state index in [0.29, 0.717) is 0 Å². The molecule has 0 aliphatic carbocycles. The van der Waals surface area contributed by atoms with Crippen LogP contribution in [0.15, 0.2) is 28.7 Å². The van der Waals surface area contributed by atoms with Crippen LogP contribution < -0.4 is 5.73 Å². The third-order valence-electron chi connectivity index (χ3n) is 0.870. The molecule has 0 bridgehead atoms. The zero-order valence-electron chi connectivity index (χ0n) is 4.67. The second-order valence-corrected chi connectivity index (χ2v) is 2.47. The Morgan fingerprint density at radius 1 is 1.11 bits per heavy atom. The lowest BCUT2D eigenvalue weighted by molar-refractivity contribution is 1.64. The van der Waals surface area contributed by atoms with Crippen molar-refractivity contribution < 1.29 is 0 Å². The number of hydrogen-bond acceptors (Lipinski definition) is 1. The van der Waals surface area contributed by atoms with Crippen LogP contribution in [0.1, 0.15) is 0 Å². The smallest absolute Gasteiger partial charge is 0.0314 e. The molecule has 1 aromatic rings. The second-order valence-electron chi connectivity index (χ2n) is 1.55. The number of nitrogens with two attached hydrogens (primary N) is 1. The van der Waals surface area contributed by atoms with Crippen molar-refractivity contribution in [1.82, 2.24) is 0 Å². The van der Waals surface area contributed by atoms with E-state index in [1.54, 1.807) is 0 Å². The van der Waals surface area contributed by atoms with E-state index in [1.807, 2.05) is 24.3 Å². The standard InChI is InChI=1S/C6H6BrN.HI/c7-5-1-3-6(8)4-2-5;/h1-4H,8H2;1H. The summed E-state index contributed by atoms with van der Waals surface area (Å²) in [4.78, 5) is 0. The molecule has 0 saturated carbocycles. The number of rotatable bonds is 0. The van der Waals surface area contributed by atoms with Gasteiger partial charge in [0.15, 0.2) is 0 Å². The van der Waals surface area contributed by atoms with Gasteiger partial charge in [0.1, 0.15) is 0 Å². The van der Waals surface area contributed by atoms with E-state index in [9.17, 15) is 0 Å². The van der Waals surface area contributed by atoms with E-state index in [-0.39, 0.29) is 24.0 Å². The third kappa shape index (κ3) is 3.05. The van der Waals surface area contributed by atoms with Crippen molar-refractivity contribution >= 4 is 45.6 Å². The SMILES string of the molecule is I.Nc1ccc(Br)cc1. The first-order chi connectivity index (χ1) is 3.79. The first-order valence-electron chi connectivity index (χ1n) is 2.30. The molecule has 0 radical (unpaired) electrons. The zero-order chi connectivity index (χ0) is 5.98. The molecule has 0 heterocycles. The maximum Gasteiger partial charge on any atom is 0.0314 e. The number of benzene rings is 1. The van der Waals surface area contributed by atoms with Gasteiger partial charge < -0.3 is 5.73 Å². The van der Waals surface area contributed by atoms with Crippen LogP contribution in [-0.2, 0) is 0 Å². The van der Waals surface area contributed by atoms with Gasteiger partial charge in [-0.3, -0.25) is 0 Å². The molecule has 0 unspecified atom stereocenters. The van der Waals surface area contributed by atoms with Crippen LogP contribution in [0.25, 0.3) is 0 Å². The third-order valence-corrected chi connectivity index (χ3v) is 1.40. The molecule has 0 aliphatic heterocycles. The van der Waals surface area contributed by atoms with Crippen molar-refractivity contribution in [3.8, 4) is 0 Å². The Bertz CT molecular complexity index is 152. The predicted octanol–water partition coefficient (Wildman–Crippen LogP) is 2.65.